The number of hydrogen-bond acceptors (Lipinski definition) is 0. The molecule has 0 bridgehead atoms. The van der Waals surface area contributed by atoms with Crippen molar-refractivity contribution < 1.29 is 0 Å². The zero-order valence-corrected chi connectivity index (χ0v) is 17.1. The van der Waals surface area contributed by atoms with E-state index in [4.69, 9.17) is 0 Å². The summed E-state index contributed by atoms with van der Waals surface area (Å²) in [6.07, 6.45) is 21.3. The monoisotopic (exact) mass is 376 g/mol. The van der Waals surface area contributed by atoms with Gasteiger partial charge in [0.25, 0.3) is 0 Å². The zero-order valence-electron chi connectivity index (χ0n) is 17.1. The van der Waals surface area contributed by atoms with E-state index in [0.717, 1.165) is 0 Å². The first-order chi connectivity index (χ1) is 12.9. The molecule has 0 aromatic heterocycles. The van der Waals surface area contributed by atoms with Crippen LogP contribution in [0.2, 0.25) is 0 Å². The molecular weight excluding hydrogens is 335 g/mol. The second-order valence-electron chi connectivity index (χ2n) is 7.98. The van der Waals surface area contributed by atoms with Crippen LogP contribution >= 0.6 is 0 Å². The van der Waals surface area contributed by atoms with Crippen LogP contribution in [-0.2, 0) is 6.42 Å². The van der Waals surface area contributed by atoms with Crippen LogP contribution in [0.3, 0.4) is 0 Å². The number of hydrogen-bond donors (Lipinski definition) is 0. The van der Waals surface area contributed by atoms with Crippen LogP contribution in [0.4, 0.5) is 0 Å². The van der Waals surface area contributed by atoms with Crippen molar-refractivity contribution in [2.45, 2.75) is 103 Å². The summed E-state index contributed by atoms with van der Waals surface area (Å²) in [5.74, 6) is 0. The molecule has 0 N–H and O–H groups in total. The molecule has 0 atom stereocenters. The van der Waals surface area contributed by atoms with Gasteiger partial charge < -0.3 is 0 Å². The van der Waals surface area contributed by atoms with E-state index < -0.39 is 0 Å². The molecule has 146 valence electrons. The third-order valence-corrected chi connectivity index (χ3v) is 5.68. The van der Waals surface area contributed by atoms with Crippen molar-refractivity contribution >= 4 is 40.3 Å². The summed E-state index contributed by atoms with van der Waals surface area (Å²) in [6.45, 7) is 2.30. The number of aryl methyl sites for hydroxylation is 1. The fourth-order valence-corrected chi connectivity index (χ4v) is 4.02. The Hall–Kier alpha value is -0.300. The number of benzene rings is 2. The van der Waals surface area contributed by atoms with Crippen molar-refractivity contribution in [3.63, 3.8) is 0 Å². The summed E-state index contributed by atoms with van der Waals surface area (Å²) in [4.78, 5) is 0. The third kappa shape index (κ3) is 10.7. The maximum atomic E-state index is 2.31. The van der Waals surface area contributed by atoms with Gasteiger partial charge in [-0.2, -0.15) is 0 Å². The minimum absolute atomic E-state index is 0. The van der Waals surface area contributed by atoms with Gasteiger partial charge in [-0.1, -0.05) is 133 Å². The van der Waals surface area contributed by atoms with Crippen molar-refractivity contribution in [3.05, 3.63) is 48.0 Å². The van der Waals surface area contributed by atoms with Crippen LogP contribution in [0.5, 0.6) is 0 Å². The zero-order chi connectivity index (χ0) is 18.3. The molecule has 27 heavy (non-hydrogen) atoms. The SMILES string of the molecule is CCCCCCCCCCCCCCCCc1cccc2ccccc12.[NaH]. The van der Waals surface area contributed by atoms with Crippen LogP contribution in [0.15, 0.2) is 42.5 Å². The van der Waals surface area contributed by atoms with Crippen molar-refractivity contribution in [3.8, 4) is 0 Å². The van der Waals surface area contributed by atoms with Gasteiger partial charge in [0.15, 0.2) is 0 Å². The summed E-state index contributed by atoms with van der Waals surface area (Å²) in [5.41, 5.74) is 1.53. The standard InChI is InChI=1S/C26H40.Na.H/c1-2-3-4-5-6-7-8-9-10-11-12-13-14-15-19-24-21-18-22-25-20-16-17-23-26(24)25;;/h16-18,20-23H,2-15,19H2,1H3;;. The Balaban J connectivity index is 0.00000364. The molecule has 0 heterocycles. The van der Waals surface area contributed by atoms with Crippen molar-refractivity contribution in [1.82, 2.24) is 0 Å². The number of unbranched alkanes of at least 4 members (excludes halogenated alkanes) is 13. The fourth-order valence-electron chi connectivity index (χ4n) is 4.02. The quantitative estimate of drug-likeness (QED) is 0.217. The molecule has 0 amide bonds. The van der Waals surface area contributed by atoms with E-state index in [1.54, 1.807) is 0 Å². The first-order valence-corrected chi connectivity index (χ1v) is 11.4. The van der Waals surface area contributed by atoms with Gasteiger partial charge in [0.05, 0.1) is 0 Å². The van der Waals surface area contributed by atoms with Crippen LogP contribution in [0.25, 0.3) is 10.8 Å². The van der Waals surface area contributed by atoms with E-state index in [1.165, 1.54) is 113 Å². The molecule has 0 nitrogen and oxygen atoms in total. The van der Waals surface area contributed by atoms with E-state index in [1.807, 2.05) is 0 Å². The van der Waals surface area contributed by atoms with Gasteiger partial charge in [-0.15, -0.1) is 0 Å². The Morgan fingerprint density at radius 2 is 1.00 bits per heavy atom. The van der Waals surface area contributed by atoms with E-state index in [9.17, 15) is 0 Å². The van der Waals surface area contributed by atoms with Gasteiger partial charge in [-0.05, 0) is 29.2 Å². The predicted molar refractivity (Wildman–Crippen MR) is 125 cm³/mol. The normalized spacial score (nSPS) is 10.9. The molecule has 0 aliphatic carbocycles. The molecule has 0 aliphatic rings. The van der Waals surface area contributed by atoms with Crippen LogP contribution in [-0.4, -0.2) is 29.6 Å². The summed E-state index contributed by atoms with van der Waals surface area (Å²) in [5, 5.41) is 2.83. The Morgan fingerprint density at radius 3 is 1.59 bits per heavy atom. The molecule has 0 saturated carbocycles. The summed E-state index contributed by atoms with van der Waals surface area (Å²) in [6, 6.07) is 15.5. The van der Waals surface area contributed by atoms with Gasteiger partial charge in [-0.25, -0.2) is 0 Å². The van der Waals surface area contributed by atoms with Crippen LogP contribution in [0.1, 0.15) is 102 Å². The average molecular weight is 377 g/mol. The van der Waals surface area contributed by atoms with E-state index >= 15 is 0 Å². The molecule has 1 heteroatoms. The number of rotatable bonds is 15. The summed E-state index contributed by atoms with van der Waals surface area (Å²) < 4.78 is 0. The molecule has 0 unspecified atom stereocenters. The van der Waals surface area contributed by atoms with Crippen molar-refractivity contribution in [2.75, 3.05) is 0 Å². The topological polar surface area (TPSA) is 0 Å². The molecule has 0 fully saturated rings. The average Bonchev–Trinajstić information content (AvgIpc) is 2.68. The molecule has 2 aromatic carbocycles. The van der Waals surface area contributed by atoms with Gasteiger partial charge in [0.1, 0.15) is 0 Å². The Kier molecular flexibility index (Phi) is 15.2. The van der Waals surface area contributed by atoms with Gasteiger partial charge in [-0.3, -0.25) is 0 Å². The van der Waals surface area contributed by atoms with Gasteiger partial charge >= 0.3 is 29.6 Å². The van der Waals surface area contributed by atoms with Crippen LogP contribution < -0.4 is 0 Å². The first kappa shape index (κ1) is 24.7. The predicted octanol–water partition coefficient (Wildman–Crippen LogP) is 8.22. The molecule has 0 spiro atoms. The van der Waals surface area contributed by atoms with E-state index in [-0.39, 0.29) is 29.6 Å². The summed E-state index contributed by atoms with van der Waals surface area (Å²) in [7, 11) is 0. The number of fused-ring (bicyclic) bond motifs is 1. The second-order valence-corrected chi connectivity index (χ2v) is 7.98. The fraction of sp³-hybridized carbons (Fsp3) is 0.615. The summed E-state index contributed by atoms with van der Waals surface area (Å²) >= 11 is 0. The Bertz CT molecular complexity index is 584. The molecular formula is C26H41Na. The minimum atomic E-state index is 0. The van der Waals surface area contributed by atoms with Crippen molar-refractivity contribution in [2.24, 2.45) is 0 Å². The molecule has 2 aromatic rings. The van der Waals surface area contributed by atoms with Crippen LogP contribution in [0, 0.1) is 0 Å². The van der Waals surface area contributed by atoms with Crippen molar-refractivity contribution in [1.29, 1.82) is 0 Å². The first-order valence-electron chi connectivity index (χ1n) is 11.4. The second kappa shape index (κ2) is 16.6. The molecule has 0 aliphatic heterocycles. The van der Waals surface area contributed by atoms with Gasteiger partial charge in [0.2, 0.25) is 0 Å². The third-order valence-electron chi connectivity index (χ3n) is 5.68. The molecule has 0 radical (unpaired) electrons. The molecule has 2 rings (SSSR count). The molecule has 0 saturated heterocycles. The van der Waals surface area contributed by atoms with E-state index in [0.29, 0.717) is 0 Å². The van der Waals surface area contributed by atoms with Gasteiger partial charge in [0, 0.05) is 0 Å². The van der Waals surface area contributed by atoms with E-state index in [2.05, 4.69) is 49.4 Å². The Morgan fingerprint density at radius 1 is 0.519 bits per heavy atom. The Labute approximate surface area is 190 Å². The maximum absolute atomic E-state index is 2.31.